The van der Waals surface area contributed by atoms with Crippen LogP contribution in [0.2, 0.25) is 0 Å². The molecule has 1 aromatic rings. The Balaban J connectivity index is 0.00000288. The minimum atomic E-state index is -5.03. The molecule has 0 saturated carbocycles. The van der Waals surface area contributed by atoms with E-state index in [1.54, 1.807) is 0 Å². The standard InChI is InChI=1S/C13H14F6N2O2.ClH/c14-12(15,16)11(21-5-3-20-4-6-21)9-7-8(1-2-10(9)22)23-13(17,18)19;/h1-2,7,11,20,22H,3-6H2;1H/t11-;/m0./s1. The quantitative estimate of drug-likeness (QED) is 0.790. The van der Waals surface area contributed by atoms with Gasteiger partial charge in [-0.25, -0.2) is 0 Å². The summed E-state index contributed by atoms with van der Waals surface area (Å²) in [6.45, 7) is 0.722. The molecule has 24 heavy (non-hydrogen) atoms. The summed E-state index contributed by atoms with van der Waals surface area (Å²) in [5.41, 5.74) is -0.666. The van der Waals surface area contributed by atoms with Gasteiger partial charge < -0.3 is 15.2 Å². The van der Waals surface area contributed by atoms with Crippen LogP contribution in [0.3, 0.4) is 0 Å². The number of phenols is 1. The molecule has 1 aliphatic rings. The summed E-state index contributed by atoms with van der Waals surface area (Å²) >= 11 is 0. The molecule has 1 aliphatic heterocycles. The lowest BCUT2D eigenvalue weighted by atomic mass is 10.0. The van der Waals surface area contributed by atoms with Gasteiger partial charge in [-0.2, -0.15) is 13.2 Å². The minimum Gasteiger partial charge on any atom is -0.508 e. The number of phenolic OH excluding ortho intramolecular Hbond substituents is 1. The third-order valence-corrected chi connectivity index (χ3v) is 3.35. The molecule has 0 aromatic heterocycles. The maximum Gasteiger partial charge on any atom is 0.573 e. The van der Waals surface area contributed by atoms with Crippen LogP contribution in [0.1, 0.15) is 11.6 Å². The fourth-order valence-corrected chi connectivity index (χ4v) is 2.47. The molecule has 0 radical (unpaired) electrons. The van der Waals surface area contributed by atoms with Crippen LogP contribution in [-0.4, -0.2) is 48.7 Å². The third kappa shape index (κ3) is 5.32. The van der Waals surface area contributed by atoms with Gasteiger partial charge in [0.25, 0.3) is 0 Å². The lowest BCUT2D eigenvalue weighted by Gasteiger charge is -2.36. The van der Waals surface area contributed by atoms with Gasteiger partial charge in [0.15, 0.2) is 0 Å². The maximum absolute atomic E-state index is 13.4. The number of halogens is 7. The molecule has 0 unspecified atom stereocenters. The van der Waals surface area contributed by atoms with E-state index in [9.17, 15) is 31.4 Å². The number of alkyl halides is 6. The number of benzene rings is 1. The Hall–Kier alpha value is -1.39. The largest absolute Gasteiger partial charge is 0.573 e. The fourth-order valence-electron chi connectivity index (χ4n) is 2.47. The van der Waals surface area contributed by atoms with Crippen molar-refractivity contribution < 1.29 is 36.2 Å². The van der Waals surface area contributed by atoms with Crippen LogP contribution in [-0.2, 0) is 0 Å². The average molecular weight is 381 g/mol. The number of nitrogens with zero attached hydrogens (tertiary/aromatic N) is 1. The minimum absolute atomic E-state index is 0. The van der Waals surface area contributed by atoms with E-state index < -0.39 is 35.6 Å². The number of hydrogen-bond acceptors (Lipinski definition) is 4. The number of rotatable bonds is 3. The summed E-state index contributed by atoms with van der Waals surface area (Å²) in [5, 5.41) is 12.6. The molecule has 2 rings (SSSR count). The van der Waals surface area contributed by atoms with Gasteiger partial charge in [-0.1, -0.05) is 0 Å². The summed E-state index contributed by atoms with van der Waals surface area (Å²) in [7, 11) is 0. The SMILES string of the molecule is Cl.Oc1ccc(OC(F)(F)F)cc1[C@H](N1CCNCC1)C(F)(F)F. The first-order valence-electron chi connectivity index (χ1n) is 6.68. The van der Waals surface area contributed by atoms with E-state index in [4.69, 9.17) is 0 Å². The van der Waals surface area contributed by atoms with E-state index in [1.165, 1.54) is 0 Å². The van der Waals surface area contributed by atoms with Crippen molar-refractivity contribution in [2.75, 3.05) is 26.2 Å². The van der Waals surface area contributed by atoms with Crippen molar-refractivity contribution in [3.63, 3.8) is 0 Å². The predicted molar refractivity (Wildman–Crippen MR) is 75.3 cm³/mol. The third-order valence-electron chi connectivity index (χ3n) is 3.35. The van der Waals surface area contributed by atoms with Gasteiger partial charge in [-0.3, -0.25) is 4.90 Å². The highest BCUT2D eigenvalue weighted by molar-refractivity contribution is 5.85. The molecular weight excluding hydrogens is 366 g/mol. The molecular formula is C13H15ClF6N2O2. The van der Waals surface area contributed by atoms with Gasteiger partial charge in [-0.15, -0.1) is 25.6 Å². The molecule has 0 spiro atoms. The fraction of sp³-hybridized carbons (Fsp3) is 0.538. The van der Waals surface area contributed by atoms with Crippen LogP contribution < -0.4 is 10.1 Å². The Morgan fingerprint density at radius 2 is 1.67 bits per heavy atom. The molecule has 2 N–H and O–H groups in total. The van der Waals surface area contributed by atoms with Gasteiger partial charge in [0.2, 0.25) is 0 Å². The number of hydrogen-bond donors (Lipinski definition) is 2. The van der Waals surface area contributed by atoms with Gasteiger partial charge in [-0.05, 0) is 18.2 Å². The van der Waals surface area contributed by atoms with E-state index in [-0.39, 0.29) is 25.5 Å². The molecule has 0 bridgehead atoms. The number of piperazine rings is 1. The Bertz CT molecular complexity index is 546. The zero-order valence-corrected chi connectivity index (χ0v) is 12.9. The highest BCUT2D eigenvalue weighted by atomic mass is 35.5. The number of nitrogens with one attached hydrogen (secondary N) is 1. The van der Waals surface area contributed by atoms with Crippen LogP contribution in [0.5, 0.6) is 11.5 Å². The first-order valence-corrected chi connectivity index (χ1v) is 6.68. The summed E-state index contributed by atoms with van der Waals surface area (Å²) in [6.07, 6.45) is -9.79. The molecule has 11 heteroatoms. The zero-order valence-electron chi connectivity index (χ0n) is 12.1. The first kappa shape index (κ1) is 20.7. The van der Waals surface area contributed by atoms with Gasteiger partial charge >= 0.3 is 12.5 Å². The normalized spacial score (nSPS) is 17.9. The molecule has 1 heterocycles. The van der Waals surface area contributed by atoms with Crippen LogP contribution in [0, 0.1) is 0 Å². The number of aromatic hydroxyl groups is 1. The molecule has 1 fully saturated rings. The lowest BCUT2D eigenvalue weighted by Crippen LogP contribution is -2.49. The van der Waals surface area contributed by atoms with Gasteiger partial charge in [0.05, 0.1) is 0 Å². The van der Waals surface area contributed by atoms with Crippen LogP contribution in [0.4, 0.5) is 26.3 Å². The smallest absolute Gasteiger partial charge is 0.508 e. The van der Waals surface area contributed by atoms with Crippen LogP contribution in [0.15, 0.2) is 18.2 Å². The molecule has 1 saturated heterocycles. The zero-order chi connectivity index (χ0) is 17.3. The second-order valence-corrected chi connectivity index (χ2v) is 5.00. The summed E-state index contributed by atoms with van der Waals surface area (Å²) in [6, 6.07) is -0.112. The first-order chi connectivity index (χ1) is 10.6. The topological polar surface area (TPSA) is 44.7 Å². The van der Waals surface area contributed by atoms with Crippen molar-refractivity contribution in [2.45, 2.75) is 18.6 Å². The highest BCUT2D eigenvalue weighted by Crippen LogP contribution is 2.43. The molecule has 0 aliphatic carbocycles. The van der Waals surface area contributed by atoms with Crippen LogP contribution >= 0.6 is 12.4 Å². The average Bonchev–Trinajstić information content (AvgIpc) is 2.41. The van der Waals surface area contributed by atoms with Crippen molar-refractivity contribution >= 4 is 12.4 Å². The van der Waals surface area contributed by atoms with E-state index >= 15 is 0 Å². The van der Waals surface area contributed by atoms with Crippen molar-refractivity contribution in [1.82, 2.24) is 10.2 Å². The Morgan fingerprint density at radius 3 is 2.17 bits per heavy atom. The molecule has 1 aromatic carbocycles. The van der Waals surface area contributed by atoms with E-state index in [0.717, 1.165) is 17.0 Å². The van der Waals surface area contributed by atoms with Crippen LogP contribution in [0.25, 0.3) is 0 Å². The molecule has 1 atom stereocenters. The summed E-state index contributed by atoms with van der Waals surface area (Å²) in [5.74, 6) is -1.55. The maximum atomic E-state index is 13.4. The highest BCUT2D eigenvalue weighted by Gasteiger charge is 2.46. The Labute approximate surface area is 139 Å². The van der Waals surface area contributed by atoms with Crippen molar-refractivity contribution in [3.8, 4) is 11.5 Å². The van der Waals surface area contributed by atoms with E-state index in [1.807, 2.05) is 0 Å². The summed E-state index contributed by atoms with van der Waals surface area (Å²) in [4.78, 5) is 1.06. The second-order valence-electron chi connectivity index (χ2n) is 5.00. The molecule has 4 nitrogen and oxygen atoms in total. The molecule has 0 amide bonds. The number of ether oxygens (including phenoxy) is 1. The second kappa shape index (κ2) is 7.66. The summed E-state index contributed by atoms with van der Waals surface area (Å²) < 4.78 is 80.6. The van der Waals surface area contributed by atoms with E-state index in [2.05, 4.69) is 10.1 Å². The van der Waals surface area contributed by atoms with E-state index in [0.29, 0.717) is 19.2 Å². The Kier molecular flexibility index (Phi) is 6.59. The van der Waals surface area contributed by atoms with Gasteiger partial charge in [0.1, 0.15) is 17.5 Å². The predicted octanol–water partition coefficient (Wildman–Crippen LogP) is 3.22. The lowest BCUT2D eigenvalue weighted by molar-refractivity contribution is -0.274. The van der Waals surface area contributed by atoms with Gasteiger partial charge in [0, 0.05) is 31.7 Å². The van der Waals surface area contributed by atoms with Crippen molar-refractivity contribution in [3.05, 3.63) is 23.8 Å². The Morgan fingerprint density at radius 1 is 1.08 bits per heavy atom. The molecule has 138 valence electrons. The van der Waals surface area contributed by atoms with Crippen molar-refractivity contribution in [1.29, 1.82) is 0 Å². The van der Waals surface area contributed by atoms with Crippen molar-refractivity contribution in [2.24, 2.45) is 0 Å². The monoisotopic (exact) mass is 380 g/mol.